The molecule has 1 unspecified atom stereocenters. The standard InChI is InChI=1S/C20H22F3N4O2P/c1-30(2,29)16-5-3-4-13-14(8-24-18(13)16)17-15(20(21,22)23)9-26-19(27-17)25-7-11-6-12(11)10-28/h3-5,8-9,11-12,24,28H,6-7,10H2,1-2H3,(H,25,26,27)/t11?,12-/m1/s1. The lowest BCUT2D eigenvalue weighted by molar-refractivity contribution is -0.137. The molecule has 0 bridgehead atoms. The second-order valence-corrected chi connectivity index (χ2v) is 11.2. The number of aromatic amines is 1. The first-order valence-corrected chi connectivity index (χ1v) is 12.1. The highest BCUT2D eigenvalue weighted by atomic mass is 31.2. The predicted octanol–water partition coefficient (Wildman–Crippen LogP) is 3.93. The molecule has 0 radical (unpaired) electrons. The molecule has 0 saturated heterocycles. The SMILES string of the molecule is CP(C)(=O)c1cccc2c(-c3nc(NCC4C[C@@H]4CO)ncc3C(F)(F)F)c[nH]c12. The second kappa shape index (κ2) is 7.39. The molecule has 0 amide bonds. The minimum atomic E-state index is -4.63. The maximum Gasteiger partial charge on any atom is 0.419 e. The Morgan fingerprint density at radius 3 is 2.70 bits per heavy atom. The van der Waals surface area contributed by atoms with Gasteiger partial charge in [-0.3, -0.25) is 0 Å². The van der Waals surface area contributed by atoms with E-state index in [4.69, 9.17) is 5.11 Å². The number of para-hydroxylation sites is 1. The molecule has 1 saturated carbocycles. The van der Waals surface area contributed by atoms with Crippen LogP contribution in [0, 0.1) is 11.8 Å². The van der Waals surface area contributed by atoms with Crippen molar-refractivity contribution in [2.45, 2.75) is 12.6 Å². The van der Waals surface area contributed by atoms with Crippen molar-refractivity contribution in [2.24, 2.45) is 11.8 Å². The summed E-state index contributed by atoms with van der Waals surface area (Å²) >= 11 is 0. The minimum Gasteiger partial charge on any atom is -0.396 e. The smallest absolute Gasteiger partial charge is 0.396 e. The van der Waals surface area contributed by atoms with E-state index in [1.807, 2.05) is 0 Å². The summed E-state index contributed by atoms with van der Waals surface area (Å²) in [5.74, 6) is 0.587. The summed E-state index contributed by atoms with van der Waals surface area (Å²) in [7, 11) is -2.64. The molecule has 1 aliphatic rings. The number of H-pyrrole nitrogens is 1. The number of alkyl halides is 3. The highest BCUT2D eigenvalue weighted by Gasteiger charge is 2.38. The number of aromatic nitrogens is 3. The monoisotopic (exact) mass is 438 g/mol. The molecule has 160 valence electrons. The number of fused-ring (bicyclic) bond motifs is 1. The third kappa shape index (κ3) is 3.96. The summed E-state index contributed by atoms with van der Waals surface area (Å²) in [6.45, 7) is 3.83. The van der Waals surface area contributed by atoms with Crippen molar-refractivity contribution < 1.29 is 22.8 Å². The van der Waals surface area contributed by atoms with Gasteiger partial charge in [-0.05, 0) is 37.7 Å². The molecule has 4 rings (SSSR count). The quantitative estimate of drug-likeness (QED) is 0.508. The number of aliphatic hydroxyl groups is 1. The number of nitrogens with one attached hydrogen (secondary N) is 2. The number of anilines is 1. The Balaban J connectivity index is 1.78. The molecule has 6 nitrogen and oxygen atoms in total. The topological polar surface area (TPSA) is 90.9 Å². The molecule has 30 heavy (non-hydrogen) atoms. The van der Waals surface area contributed by atoms with E-state index in [0.29, 0.717) is 22.8 Å². The highest BCUT2D eigenvalue weighted by molar-refractivity contribution is 7.70. The number of rotatable bonds is 6. The summed E-state index contributed by atoms with van der Waals surface area (Å²) < 4.78 is 53.6. The number of benzene rings is 1. The molecule has 1 aliphatic carbocycles. The fourth-order valence-corrected chi connectivity index (χ4v) is 4.84. The molecule has 2 atom stereocenters. The zero-order valence-corrected chi connectivity index (χ0v) is 17.4. The average Bonchev–Trinajstić information content (AvgIpc) is 3.31. The first kappa shape index (κ1) is 20.9. The van der Waals surface area contributed by atoms with Crippen LogP contribution in [0.3, 0.4) is 0 Å². The third-order valence-electron chi connectivity index (χ3n) is 5.45. The second-order valence-electron chi connectivity index (χ2n) is 8.03. The first-order chi connectivity index (χ1) is 14.1. The van der Waals surface area contributed by atoms with Gasteiger partial charge < -0.3 is 20.0 Å². The van der Waals surface area contributed by atoms with E-state index >= 15 is 0 Å². The van der Waals surface area contributed by atoms with Gasteiger partial charge in [0.1, 0.15) is 12.7 Å². The number of hydrogen-bond acceptors (Lipinski definition) is 5. The Morgan fingerprint density at radius 2 is 2.07 bits per heavy atom. The Morgan fingerprint density at radius 1 is 1.30 bits per heavy atom. The number of hydrogen-bond donors (Lipinski definition) is 3. The number of nitrogens with zero attached hydrogens (tertiary/aromatic N) is 2. The van der Waals surface area contributed by atoms with Gasteiger partial charge in [0.2, 0.25) is 5.95 Å². The van der Waals surface area contributed by atoms with E-state index < -0.39 is 18.9 Å². The Labute approximate surface area is 171 Å². The van der Waals surface area contributed by atoms with Crippen LogP contribution in [0.25, 0.3) is 22.2 Å². The van der Waals surface area contributed by atoms with Crippen molar-refractivity contribution in [1.82, 2.24) is 15.0 Å². The molecule has 1 fully saturated rings. The van der Waals surface area contributed by atoms with Crippen LogP contribution < -0.4 is 10.6 Å². The highest BCUT2D eigenvalue weighted by Crippen LogP contribution is 2.42. The van der Waals surface area contributed by atoms with Crippen LogP contribution in [0.2, 0.25) is 0 Å². The summed E-state index contributed by atoms with van der Waals surface area (Å²) in [6, 6.07) is 5.09. The number of aliphatic hydroxyl groups excluding tert-OH is 1. The largest absolute Gasteiger partial charge is 0.419 e. The summed E-state index contributed by atoms with van der Waals surface area (Å²) in [5, 5.41) is 13.2. The van der Waals surface area contributed by atoms with Crippen LogP contribution in [-0.4, -0.2) is 46.5 Å². The van der Waals surface area contributed by atoms with Crippen LogP contribution in [0.5, 0.6) is 0 Å². The van der Waals surface area contributed by atoms with Gasteiger partial charge >= 0.3 is 6.18 Å². The van der Waals surface area contributed by atoms with Crippen molar-refractivity contribution in [3.8, 4) is 11.3 Å². The maximum absolute atomic E-state index is 13.7. The van der Waals surface area contributed by atoms with Crippen LogP contribution in [0.1, 0.15) is 12.0 Å². The third-order valence-corrected chi connectivity index (χ3v) is 6.98. The van der Waals surface area contributed by atoms with E-state index in [0.717, 1.165) is 12.6 Å². The van der Waals surface area contributed by atoms with Gasteiger partial charge in [-0.15, -0.1) is 0 Å². The Bertz CT molecular complexity index is 1140. The van der Waals surface area contributed by atoms with Crippen LogP contribution >= 0.6 is 7.14 Å². The van der Waals surface area contributed by atoms with E-state index in [9.17, 15) is 17.7 Å². The first-order valence-electron chi connectivity index (χ1n) is 9.54. The van der Waals surface area contributed by atoms with E-state index in [-0.39, 0.29) is 35.6 Å². The van der Waals surface area contributed by atoms with Crippen LogP contribution in [0.15, 0.2) is 30.6 Å². The normalized spacial score (nSPS) is 19.3. The van der Waals surface area contributed by atoms with Crippen molar-refractivity contribution in [1.29, 1.82) is 0 Å². The summed E-state index contributed by atoms with van der Waals surface area (Å²) in [5.41, 5.74) is -0.348. The van der Waals surface area contributed by atoms with Crippen molar-refractivity contribution in [2.75, 3.05) is 31.8 Å². The lowest BCUT2D eigenvalue weighted by Gasteiger charge is -2.14. The Hall–Kier alpha value is -2.38. The fourth-order valence-electron chi connectivity index (χ4n) is 3.67. The molecule has 10 heteroatoms. The fraction of sp³-hybridized carbons (Fsp3) is 0.400. The molecular weight excluding hydrogens is 416 g/mol. The van der Waals surface area contributed by atoms with E-state index in [2.05, 4.69) is 20.3 Å². The Kier molecular flexibility index (Phi) is 5.14. The van der Waals surface area contributed by atoms with Gasteiger partial charge in [0, 0.05) is 41.8 Å². The molecule has 1 aromatic carbocycles. The van der Waals surface area contributed by atoms with E-state index in [1.165, 1.54) is 6.20 Å². The zero-order valence-electron chi connectivity index (χ0n) is 16.5. The van der Waals surface area contributed by atoms with Crippen LogP contribution in [0.4, 0.5) is 19.1 Å². The zero-order chi connectivity index (χ0) is 21.7. The van der Waals surface area contributed by atoms with Gasteiger partial charge in [-0.2, -0.15) is 13.2 Å². The molecule has 3 aromatic rings. The predicted molar refractivity (Wildman–Crippen MR) is 111 cm³/mol. The summed E-state index contributed by atoms with van der Waals surface area (Å²) in [4.78, 5) is 11.0. The maximum atomic E-state index is 13.7. The van der Waals surface area contributed by atoms with Crippen molar-refractivity contribution in [3.63, 3.8) is 0 Å². The number of halogens is 3. The average molecular weight is 438 g/mol. The lowest BCUT2D eigenvalue weighted by atomic mass is 10.1. The van der Waals surface area contributed by atoms with Gasteiger partial charge in [-0.1, -0.05) is 12.1 Å². The van der Waals surface area contributed by atoms with Crippen molar-refractivity contribution in [3.05, 3.63) is 36.2 Å². The molecule has 2 heterocycles. The van der Waals surface area contributed by atoms with Gasteiger partial charge in [-0.25, -0.2) is 9.97 Å². The lowest BCUT2D eigenvalue weighted by Crippen LogP contribution is -2.13. The summed E-state index contributed by atoms with van der Waals surface area (Å²) in [6.07, 6.45) is -1.50. The van der Waals surface area contributed by atoms with Crippen LogP contribution in [-0.2, 0) is 10.7 Å². The molecule has 0 aliphatic heterocycles. The molecular formula is C20H22F3N4O2P. The van der Waals surface area contributed by atoms with Gasteiger partial charge in [0.25, 0.3) is 0 Å². The van der Waals surface area contributed by atoms with E-state index in [1.54, 1.807) is 31.5 Å². The molecule has 2 aromatic heterocycles. The van der Waals surface area contributed by atoms with Gasteiger partial charge in [0.15, 0.2) is 0 Å². The van der Waals surface area contributed by atoms with Gasteiger partial charge in [0.05, 0.1) is 11.2 Å². The minimum absolute atomic E-state index is 0.0991. The molecule has 3 N–H and O–H groups in total. The van der Waals surface area contributed by atoms with Crippen molar-refractivity contribution >= 4 is 29.3 Å². The molecule has 0 spiro atoms.